The molecule has 1 aliphatic heterocycles. The SMILES string of the molecule is CCNC(=NCC1CCN(c2ccc(Br)cc2)C1)NC1CC1. The van der Waals surface area contributed by atoms with E-state index in [1.165, 1.54) is 24.9 Å². The highest BCUT2D eigenvalue weighted by molar-refractivity contribution is 9.10. The lowest BCUT2D eigenvalue weighted by atomic mass is 10.1. The molecule has 0 aromatic heterocycles. The summed E-state index contributed by atoms with van der Waals surface area (Å²) in [5.74, 6) is 1.64. The third kappa shape index (κ3) is 4.38. The van der Waals surface area contributed by atoms with Gasteiger partial charge in [0.05, 0.1) is 0 Å². The van der Waals surface area contributed by atoms with Crippen molar-refractivity contribution >= 4 is 27.6 Å². The van der Waals surface area contributed by atoms with E-state index >= 15 is 0 Å². The second kappa shape index (κ2) is 7.36. The van der Waals surface area contributed by atoms with E-state index in [9.17, 15) is 0 Å². The number of benzene rings is 1. The van der Waals surface area contributed by atoms with Gasteiger partial charge in [0.15, 0.2) is 5.96 Å². The van der Waals surface area contributed by atoms with Crippen molar-refractivity contribution in [3.05, 3.63) is 28.7 Å². The summed E-state index contributed by atoms with van der Waals surface area (Å²) in [7, 11) is 0. The molecule has 1 aliphatic carbocycles. The molecule has 5 heteroatoms. The number of guanidine groups is 1. The van der Waals surface area contributed by atoms with Gasteiger partial charge in [-0.25, -0.2) is 0 Å². The van der Waals surface area contributed by atoms with E-state index in [2.05, 4.69) is 62.7 Å². The molecular formula is C17H25BrN4. The molecule has 22 heavy (non-hydrogen) atoms. The maximum absolute atomic E-state index is 4.78. The Labute approximate surface area is 141 Å². The zero-order chi connectivity index (χ0) is 15.4. The first-order valence-electron chi connectivity index (χ1n) is 8.30. The quantitative estimate of drug-likeness (QED) is 0.623. The Morgan fingerprint density at radius 1 is 1.27 bits per heavy atom. The molecule has 3 rings (SSSR count). The first-order valence-corrected chi connectivity index (χ1v) is 9.09. The van der Waals surface area contributed by atoms with Crippen molar-refractivity contribution in [2.45, 2.75) is 32.2 Å². The van der Waals surface area contributed by atoms with Gasteiger partial charge >= 0.3 is 0 Å². The third-order valence-electron chi connectivity index (χ3n) is 4.25. The number of nitrogens with one attached hydrogen (secondary N) is 2. The van der Waals surface area contributed by atoms with E-state index in [1.807, 2.05) is 0 Å². The minimum Gasteiger partial charge on any atom is -0.371 e. The fourth-order valence-electron chi connectivity index (χ4n) is 2.83. The van der Waals surface area contributed by atoms with Crippen LogP contribution in [0.3, 0.4) is 0 Å². The Bertz CT molecular complexity index is 510. The average Bonchev–Trinajstić information content (AvgIpc) is 3.21. The molecular weight excluding hydrogens is 340 g/mol. The van der Waals surface area contributed by atoms with Gasteiger partial charge in [-0.1, -0.05) is 15.9 Å². The average molecular weight is 365 g/mol. The number of nitrogens with zero attached hydrogens (tertiary/aromatic N) is 2. The standard InChI is InChI=1S/C17H25BrN4/c1-2-19-17(21-15-5-6-15)20-11-13-9-10-22(12-13)16-7-3-14(18)4-8-16/h3-4,7-8,13,15H,2,5-6,9-12H2,1H3,(H2,19,20,21). The Hall–Kier alpha value is -1.23. The smallest absolute Gasteiger partial charge is 0.191 e. The lowest BCUT2D eigenvalue weighted by molar-refractivity contribution is 0.599. The van der Waals surface area contributed by atoms with Crippen LogP contribution in [-0.4, -0.2) is 38.2 Å². The normalized spacial score (nSPS) is 22.0. The van der Waals surface area contributed by atoms with Crippen LogP contribution in [0.5, 0.6) is 0 Å². The van der Waals surface area contributed by atoms with Gasteiger partial charge in [0.2, 0.25) is 0 Å². The van der Waals surface area contributed by atoms with Crippen LogP contribution in [-0.2, 0) is 0 Å². The van der Waals surface area contributed by atoms with E-state index in [4.69, 9.17) is 4.99 Å². The fraction of sp³-hybridized carbons (Fsp3) is 0.588. The van der Waals surface area contributed by atoms with Crippen molar-refractivity contribution in [2.75, 3.05) is 31.1 Å². The molecule has 1 saturated heterocycles. The van der Waals surface area contributed by atoms with E-state index in [0.717, 1.165) is 36.6 Å². The summed E-state index contributed by atoms with van der Waals surface area (Å²) in [5, 5.41) is 6.83. The summed E-state index contributed by atoms with van der Waals surface area (Å²) in [6.45, 7) is 6.20. The molecule has 1 atom stereocenters. The predicted molar refractivity (Wildman–Crippen MR) is 96.6 cm³/mol. The maximum atomic E-state index is 4.78. The van der Waals surface area contributed by atoms with Gasteiger partial charge in [0, 0.05) is 42.4 Å². The van der Waals surface area contributed by atoms with Gasteiger partial charge in [-0.15, -0.1) is 0 Å². The second-order valence-electron chi connectivity index (χ2n) is 6.22. The van der Waals surface area contributed by atoms with E-state index in [-0.39, 0.29) is 0 Å². The molecule has 4 nitrogen and oxygen atoms in total. The summed E-state index contributed by atoms with van der Waals surface area (Å²) in [6.07, 6.45) is 3.79. The summed E-state index contributed by atoms with van der Waals surface area (Å²) >= 11 is 3.50. The van der Waals surface area contributed by atoms with Crippen LogP contribution in [0.15, 0.2) is 33.7 Å². The number of aliphatic imine (C=N–C) groups is 1. The van der Waals surface area contributed by atoms with Crippen LogP contribution in [0, 0.1) is 5.92 Å². The van der Waals surface area contributed by atoms with Gasteiger partial charge in [-0.2, -0.15) is 0 Å². The van der Waals surface area contributed by atoms with Crippen molar-refractivity contribution in [1.82, 2.24) is 10.6 Å². The highest BCUT2D eigenvalue weighted by Crippen LogP contribution is 2.25. The number of halogens is 1. The Kier molecular flexibility index (Phi) is 5.24. The minimum atomic E-state index is 0.651. The van der Waals surface area contributed by atoms with Crippen LogP contribution in [0.2, 0.25) is 0 Å². The summed E-state index contributed by atoms with van der Waals surface area (Å²) in [6, 6.07) is 9.26. The first kappa shape index (κ1) is 15.7. The molecule has 1 aromatic carbocycles. The van der Waals surface area contributed by atoms with E-state index in [0.29, 0.717) is 12.0 Å². The summed E-state index contributed by atoms with van der Waals surface area (Å²) < 4.78 is 1.14. The topological polar surface area (TPSA) is 39.7 Å². The number of anilines is 1. The van der Waals surface area contributed by atoms with Crippen LogP contribution in [0.1, 0.15) is 26.2 Å². The molecule has 1 heterocycles. The second-order valence-corrected chi connectivity index (χ2v) is 7.13. The first-order chi connectivity index (χ1) is 10.7. The predicted octanol–water partition coefficient (Wildman–Crippen LogP) is 2.99. The number of hydrogen-bond donors (Lipinski definition) is 2. The fourth-order valence-corrected chi connectivity index (χ4v) is 3.09. The lowest BCUT2D eigenvalue weighted by Gasteiger charge is -2.18. The molecule has 1 unspecified atom stereocenters. The van der Waals surface area contributed by atoms with Gasteiger partial charge in [0.1, 0.15) is 0 Å². The van der Waals surface area contributed by atoms with Crippen molar-refractivity contribution in [3.63, 3.8) is 0 Å². The Balaban J connectivity index is 1.52. The molecule has 0 amide bonds. The molecule has 0 bridgehead atoms. The van der Waals surface area contributed by atoms with E-state index < -0.39 is 0 Å². The Morgan fingerprint density at radius 3 is 2.73 bits per heavy atom. The van der Waals surface area contributed by atoms with E-state index in [1.54, 1.807) is 0 Å². The molecule has 120 valence electrons. The zero-order valence-corrected chi connectivity index (χ0v) is 14.8. The molecule has 1 saturated carbocycles. The molecule has 1 aromatic rings. The van der Waals surface area contributed by atoms with Crippen LogP contribution >= 0.6 is 15.9 Å². The largest absolute Gasteiger partial charge is 0.371 e. The Morgan fingerprint density at radius 2 is 2.05 bits per heavy atom. The highest BCUT2D eigenvalue weighted by atomic mass is 79.9. The summed E-state index contributed by atoms with van der Waals surface area (Å²) in [5.41, 5.74) is 1.32. The third-order valence-corrected chi connectivity index (χ3v) is 4.78. The van der Waals surface area contributed by atoms with Crippen LogP contribution in [0.4, 0.5) is 5.69 Å². The highest BCUT2D eigenvalue weighted by Gasteiger charge is 2.24. The van der Waals surface area contributed by atoms with Crippen molar-refractivity contribution in [2.24, 2.45) is 10.9 Å². The van der Waals surface area contributed by atoms with Crippen molar-refractivity contribution in [1.29, 1.82) is 0 Å². The molecule has 2 aliphatic rings. The molecule has 0 radical (unpaired) electrons. The van der Waals surface area contributed by atoms with Crippen molar-refractivity contribution in [3.8, 4) is 0 Å². The molecule has 2 N–H and O–H groups in total. The maximum Gasteiger partial charge on any atom is 0.191 e. The number of rotatable bonds is 5. The van der Waals surface area contributed by atoms with Gasteiger partial charge in [0.25, 0.3) is 0 Å². The van der Waals surface area contributed by atoms with Crippen molar-refractivity contribution < 1.29 is 0 Å². The van der Waals surface area contributed by atoms with Gasteiger partial charge in [-0.3, -0.25) is 4.99 Å². The molecule has 2 fully saturated rings. The minimum absolute atomic E-state index is 0.651. The zero-order valence-electron chi connectivity index (χ0n) is 13.2. The molecule has 0 spiro atoms. The number of hydrogen-bond acceptors (Lipinski definition) is 2. The van der Waals surface area contributed by atoms with Crippen LogP contribution < -0.4 is 15.5 Å². The van der Waals surface area contributed by atoms with Gasteiger partial charge < -0.3 is 15.5 Å². The van der Waals surface area contributed by atoms with Crippen LogP contribution in [0.25, 0.3) is 0 Å². The lowest BCUT2D eigenvalue weighted by Crippen LogP contribution is -2.39. The van der Waals surface area contributed by atoms with Gasteiger partial charge in [-0.05, 0) is 56.4 Å². The monoisotopic (exact) mass is 364 g/mol. The summed E-state index contributed by atoms with van der Waals surface area (Å²) in [4.78, 5) is 7.24.